The first kappa shape index (κ1) is 16.9. The first-order valence-corrected chi connectivity index (χ1v) is 7.24. The average Bonchev–Trinajstić information content (AvgIpc) is 2.45. The zero-order valence-electron chi connectivity index (χ0n) is 12.4. The maximum Gasteiger partial charge on any atom is 0.329 e. The number of nitrogens with two attached hydrogens (primary N) is 1. The maximum atomic E-state index is 12.0. The third kappa shape index (κ3) is 4.18. The highest BCUT2D eigenvalue weighted by molar-refractivity contribution is 5.87. The second-order valence-corrected chi connectivity index (χ2v) is 5.58. The Bertz CT molecular complexity index is 334. The molecular weight excluding hydrogens is 260 g/mol. The van der Waals surface area contributed by atoms with Crippen LogP contribution < -0.4 is 11.1 Å². The summed E-state index contributed by atoms with van der Waals surface area (Å²) < 4.78 is 5.05. The van der Waals surface area contributed by atoms with Crippen LogP contribution in [-0.2, 0) is 14.3 Å². The SMILES string of the molecule is CCC1CCC(NC(=O)CC(CN)OC)(C(=O)O)CC1. The summed E-state index contributed by atoms with van der Waals surface area (Å²) in [7, 11) is 1.49. The second kappa shape index (κ2) is 7.59. The van der Waals surface area contributed by atoms with E-state index in [0.29, 0.717) is 18.8 Å². The first-order valence-electron chi connectivity index (χ1n) is 7.24. The fourth-order valence-corrected chi connectivity index (χ4v) is 2.76. The van der Waals surface area contributed by atoms with Gasteiger partial charge in [0.15, 0.2) is 0 Å². The van der Waals surface area contributed by atoms with Crippen molar-refractivity contribution >= 4 is 11.9 Å². The second-order valence-electron chi connectivity index (χ2n) is 5.58. The molecule has 4 N–H and O–H groups in total. The number of hydrogen-bond acceptors (Lipinski definition) is 4. The van der Waals surface area contributed by atoms with Crippen molar-refractivity contribution in [2.24, 2.45) is 11.7 Å². The van der Waals surface area contributed by atoms with E-state index < -0.39 is 11.5 Å². The number of rotatable bonds is 7. The minimum Gasteiger partial charge on any atom is -0.480 e. The molecule has 20 heavy (non-hydrogen) atoms. The van der Waals surface area contributed by atoms with Crippen molar-refractivity contribution in [2.75, 3.05) is 13.7 Å². The van der Waals surface area contributed by atoms with Crippen molar-refractivity contribution in [3.63, 3.8) is 0 Å². The van der Waals surface area contributed by atoms with Crippen LogP contribution in [0.4, 0.5) is 0 Å². The molecular formula is C14H26N2O4. The molecule has 0 heterocycles. The molecule has 1 rings (SSSR count). The quantitative estimate of drug-likeness (QED) is 0.645. The lowest BCUT2D eigenvalue weighted by Gasteiger charge is -2.37. The Morgan fingerprint density at radius 2 is 2.05 bits per heavy atom. The molecule has 0 spiro atoms. The highest BCUT2D eigenvalue weighted by atomic mass is 16.5. The Kier molecular flexibility index (Phi) is 6.42. The van der Waals surface area contributed by atoms with Gasteiger partial charge in [-0.3, -0.25) is 4.79 Å². The fraction of sp³-hybridized carbons (Fsp3) is 0.857. The van der Waals surface area contributed by atoms with Gasteiger partial charge >= 0.3 is 5.97 Å². The molecule has 1 saturated carbocycles. The highest BCUT2D eigenvalue weighted by Gasteiger charge is 2.42. The predicted octanol–water partition coefficient (Wildman–Crippen LogP) is 0.890. The van der Waals surface area contributed by atoms with Gasteiger partial charge in [-0.05, 0) is 31.6 Å². The molecule has 0 aromatic rings. The number of nitrogens with one attached hydrogen (secondary N) is 1. The smallest absolute Gasteiger partial charge is 0.329 e. The molecule has 116 valence electrons. The van der Waals surface area contributed by atoms with Crippen LogP contribution in [0.2, 0.25) is 0 Å². The predicted molar refractivity (Wildman–Crippen MR) is 75.2 cm³/mol. The molecule has 0 bridgehead atoms. The molecule has 1 aliphatic rings. The van der Waals surface area contributed by atoms with Gasteiger partial charge in [-0.2, -0.15) is 0 Å². The van der Waals surface area contributed by atoms with Crippen molar-refractivity contribution in [3.8, 4) is 0 Å². The number of carboxylic acid groups (broad SMARTS) is 1. The topological polar surface area (TPSA) is 102 Å². The molecule has 0 radical (unpaired) electrons. The van der Waals surface area contributed by atoms with E-state index in [-0.39, 0.29) is 25.0 Å². The van der Waals surface area contributed by atoms with Crippen LogP contribution in [0.15, 0.2) is 0 Å². The summed E-state index contributed by atoms with van der Waals surface area (Å²) >= 11 is 0. The van der Waals surface area contributed by atoms with Gasteiger partial charge in [-0.15, -0.1) is 0 Å². The normalized spacial score (nSPS) is 27.9. The van der Waals surface area contributed by atoms with E-state index in [1.165, 1.54) is 7.11 Å². The largest absolute Gasteiger partial charge is 0.480 e. The lowest BCUT2D eigenvalue weighted by atomic mass is 9.75. The van der Waals surface area contributed by atoms with Crippen LogP contribution in [0.1, 0.15) is 45.4 Å². The van der Waals surface area contributed by atoms with E-state index in [4.69, 9.17) is 10.5 Å². The Morgan fingerprint density at radius 3 is 2.45 bits per heavy atom. The Morgan fingerprint density at radius 1 is 1.45 bits per heavy atom. The molecule has 1 amide bonds. The zero-order valence-corrected chi connectivity index (χ0v) is 12.4. The molecule has 0 saturated heterocycles. The molecule has 6 heteroatoms. The standard InChI is InChI=1S/C14H26N2O4/c1-3-10-4-6-14(7-5-10,13(18)19)16-12(17)8-11(9-15)20-2/h10-11H,3-9,15H2,1-2H3,(H,16,17)(H,18,19). The Balaban J connectivity index is 2.64. The van der Waals surface area contributed by atoms with E-state index >= 15 is 0 Å². The highest BCUT2D eigenvalue weighted by Crippen LogP contribution is 2.34. The number of hydrogen-bond donors (Lipinski definition) is 3. The summed E-state index contributed by atoms with van der Waals surface area (Å²) in [5.74, 6) is -0.683. The van der Waals surface area contributed by atoms with E-state index in [0.717, 1.165) is 19.3 Å². The number of aliphatic carboxylic acids is 1. The van der Waals surface area contributed by atoms with Crippen LogP contribution in [-0.4, -0.2) is 42.3 Å². The maximum absolute atomic E-state index is 12.0. The molecule has 0 aromatic heterocycles. The lowest BCUT2D eigenvalue weighted by molar-refractivity contribution is -0.150. The number of carbonyl (C=O) groups excluding carboxylic acids is 1. The van der Waals surface area contributed by atoms with Crippen molar-refractivity contribution in [3.05, 3.63) is 0 Å². The van der Waals surface area contributed by atoms with Gasteiger partial charge in [0.25, 0.3) is 0 Å². The van der Waals surface area contributed by atoms with Crippen molar-refractivity contribution in [1.29, 1.82) is 0 Å². The van der Waals surface area contributed by atoms with E-state index in [1.807, 2.05) is 0 Å². The molecule has 1 atom stereocenters. The van der Waals surface area contributed by atoms with Gasteiger partial charge in [0.05, 0.1) is 12.5 Å². The van der Waals surface area contributed by atoms with E-state index in [9.17, 15) is 14.7 Å². The molecule has 1 unspecified atom stereocenters. The van der Waals surface area contributed by atoms with Crippen molar-refractivity contribution in [1.82, 2.24) is 5.32 Å². The third-order valence-electron chi connectivity index (χ3n) is 4.33. The number of carboxylic acids is 1. The summed E-state index contributed by atoms with van der Waals surface area (Å²) in [5.41, 5.74) is 4.36. The number of carbonyl (C=O) groups is 2. The number of amides is 1. The molecule has 6 nitrogen and oxygen atoms in total. The Labute approximate surface area is 120 Å². The van der Waals surface area contributed by atoms with Crippen LogP contribution in [0, 0.1) is 5.92 Å². The molecule has 0 aromatic carbocycles. The van der Waals surface area contributed by atoms with Gasteiger partial charge in [-0.1, -0.05) is 13.3 Å². The summed E-state index contributed by atoms with van der Waals surface area (Å²) in [4.78, 5) is 23.6. The summed E-state index contributed by atoms with van der Waals surface area (Å²) in [6, 6.07) is 0. The molecule has 1 aliphatic carbocycles. The van der Waals surface area contributed by atoms with Gasteiger partial charge in [-0.25, -0.2) is 4.79 Å². The minimum atomic E-state index is -1.12. The zero-order chi connectivity index (χ0) is 15.2. The van der Waals surface area contributed by atoms with Crippen LogP contribution in [0.3, 0.4) is 0 Å². The molecule has 0 aliphatic heterocycles. The van der Waals surface area contributed by atoms with Gasteiger partial charge in [0, 0.05) is 13.7 Å². The van der Waals surface area contributed by atoms with Gasteiger partial charge < -0.3 is 20.9 Å². The van der Waals surface area contributed by atoms with Crippen LogP contribution in [0.25, 0.3) is 0 Å². The molecule has 1 fully saturated rings. The fourth-order valence-electron chi connectivity index (χ4n) is 2.76. The van der Waals surface area contributed by atoms with Gasteiger partial charge in [0.1, 0.15) is 5.54 Å². The average molecular weight is 286 g/mol. The Hall–Kier alpha value is -1.14. The lowest BCUT2D eigenvalue weighted by Crippen LogP contribution is -2.57. The number of ether oxygens (including phenoxy) is 1. The summed E-state index contributed by atoms with van der Waals surface area (Å²) in [6.45, 7) is 2.35. The van der Waals surface area contributed by atoms with Crippen LogP contribution in [0.5, 0.6) is 0 Å². The summed E-state index contributed by atoms with van der Waals surface area (Å²) in [5, 5.41) is 12.2. The van der Waals surface area contributed by atoms with Crippen LogP contribution >= 0.6 is 0 Å². The minimum absolute atomic E-state index is 0.0965. The van der Waals surface area contributed by atoms with E-state index in [1.54, 1.807) is 0 Å². The van der Waals surface area contributed by atoms with Crippen molar-refractivity contribution < 1.29 is 19.4 Å². The number of methoxy groups -OCH3 is 1. The third-order valence-corrected chi connectivity index (χ3v) is 4.33. The summed E-state index contributed by atoms with van der Waals surface area (Å²) in [6.07, 6.45) is 3.45. The first-order chi connectivity index (χ1) is 9.47. The van der Waals surface area contributed by atoms with Gasteiger partial charge in [0.2, 0.25) is 5.91 Å². The van der Waals surface area contributed by atoms with Crippen molar-refractivity contribution in [2.45, 2.75) is 57.1 Å². The van der Waals surface area contributed by atoms with E-state index in [2.05, 4.69) is 12.2 Å². The monoisotopic (exact) mass is 286 g/mol.